The summed E-state index contributed by atoms with van der Waals surface area (Å²) < 4.78 is 5.93. The zero-order chi connectivity index (χ0) is 26.4. The fourth-order valence-electron chi connectivity index (χ4n) is 11.2. The molecule has 0 aliphatic heterocycles. The van der Waals surface area contributed by atoms with Crippen LogP contribution in [0, 0.1) is 50.2 Å². The molecule has 0 aromatic rings. The summed E-state index contributed by atoms with van der Waals surface area (Å²) in [5.41, 5.74) is 2.21. The van der Waals surface area contributed by atoms with Gasteiger partial charge in [0.1, 0.15) is 0 Å². The second-order valence-electron chi connectivity index (χ2n) is 16.1. The van der Waals surface area contributed by atoms with Gasteiger partial charge in [0, 0.05) is 0 Å². The summed E-state index contributed by atoms with van der Waals surface area (Å²) in [6, 6.07) is 0. The van der Waals surface area contributed by atoms with Gasteiger partial charge in [-0.2, -0.15) is 0 Å². The minimum atomic E-state index is -0.330. The molecule has 3 heteroatoms. The average molecular weight is 499 g/mol. The number of carbonyl (C=O) groups is 1. The Balaban J connectivity index is 1.58. The first-order chi connectivity index (χ1) is 16.7. The van der Waals surface area contributed by atoms with Gasteiger partial charge in [0.2, 0.25) is 0 Å². The van der Waals surface area contributed by atoms with Gasteiger partial charge in [0.05, 0.1) is 18.1 Å². The minimum absolute atomic E-state index is 0.0906. The van der Waals surface area contributed by atoms with Gasteiger partial charge in [0.15, 0.2) is 0 Å². The zero-order valence-corrected chi connectivity index (χ0v) is 24.6. The normalized spacial score (nSPS) is 49.0. The first-order valence-electron chi connectivity index (χ1n) is 15.2. The van der Waals surface area contributed by atoms with E-state index in [0.717, 1.165) is 57.8 Å². The number of fused-ring (bicyclic) bond motifs is 7. The third kappa shape index (κ3) is 3.56. The van der Waals surface area contributed by atoms with Gasteiger partial charge in [-0.05, 0) is 115 Å². The fraction of sp³-hybridized carbons (Fsp3) is 0.909. The molecule has 8 atom stereocenters. The van der Waals surface area contributed by atoms with E-state index in [4.69, 9.17) is 4.74 Å². The average Bonchev–Trinajstić information content (AvgIpc) is 2.76. The maximum Gasteiger partial charge on any atom is 0.312 e. The Labute approximate surface area is 221 Å². The van der Waals surface area contributed by atoms with Gasteiger partial charge in [-0.1, -0.05) is 67.0 Å². The SMILES string of the molecule is CCCOC(=O)[C@]12CCC(C)(C)C[C@H]1C1=CC[C@@H]3[C@@]4(C)C[C@H](O)CC(C)(C)[C@@H]4CC[C@@]3(C)[C@]1(C)CC2. The van der Waals surface area contributed by atoms with Gasteiger partial charge in [-0.25, -0.2) is 0 Å². The van der Waals surface area contributed by atoms with Crippen molar-refractivity contribution in [1.82, 2.24) is 0 Å². The zero-order valence-electron chi connectivity index (χ0n) is 24.6. The molecule has 0 spiro atoms. The number of esters is 1. The summed E-state index contributed by atoms with van der Waals surface area (Å²) in [5.74, 6) is 1.65. The second-order valence-corrected chi connectivity index (χ2v) is 16.1. The molecular formula is C33H54O3. The molecule has 0 unspecified atom stereocenters. The van der Waals surface area contributed by atoms with Gasteiger partial charge < -0.3 is 9.84 Å². The Bertz CT molecular complexity index is 931. The molecular weight excluding hydrogens is 444 g/mol. The second kappa shape index (κ2) is 8.33. The van der Waals surface area contributed by atoms with E-state index < -0.39 is 0 Å². The van der Waals surface area contributed by atoms with E-state index in [0.29, 0.717) is 24.4 Å². The van der Waals surface area contributed by atoms with Crippen molar-refractivity contribution >= 4 is 5.97 Å². The minimum Gasteiger partial charge on any atom is -0.465 e. The van der Waals surface area contributed by atoms with E-state index in [9.17, 15) is 9.90 Å². The number of allylic oxidation sites excluding steroid dienone is 2. The number of hydrogen-bond donors (Lipinski definition) is 1. The van der Waals surface area contributed by atoms with Gasteiger partial charge in [-0.3, -0.25) is 4.79 Å². The lowest BCUT2D eigenvalue weighted by atomic mass is 9.33. The Morgan fingerprint density at radius 2 is 1.64 bits per heavy atom. The molecule has 1 N–H and O–H groups in total. The molecule has 0 heterocycles. The predicted molar refractivity (Wildman–Crippen MR) is 146 cm³/mol. The highest BCUT2D eigenvalue weighted by atomic mass is 16.5. The largest absolute Gasteiger partial charge is 0.465 e. The Kier molecular flexibility index (Phi) is 6.19. The van der Waals surface area contributed by atoms with E-state index in [1.54, 1.807) is 5.57 Å². The maximum atomic E-state index is 13.7. The topological polar surface area (TPSA) is 46.5 Å². The molecule has 36 heavy (non-hydrogen) atoms. The summed E-state index contributed by atoms with van der Waals surface area (Å²) in [6.07, 6.45) is 14.1. The van der Waals surface area contributed by atoms with Crippen LogP contribution in [0.1, 0.15) is 126 Å². The van der Waals surface area contributed by atoms with Crippen molar-refractivity contribution in [2.75, 3.05) is 6.61 Å². The van der Waals surface area contributed by atoms with Gasteiger partial charge in [-0.15, -0.1) is 0 Å². The van der Waals surface area contributed by atoms with E-state index in [2.05, 4.69) is 61.5 Å². The van der Waals surface area contributed by atoms with Crippen molar-refractivity contribution in [1.29, 1.82) is 0 Å². The summed E-state index contributed by atoms with van der Waals surface area (Å²) in [5, 5.41) is 11.0. The van der Waals surface area contributed by atoms with Crippen LogP contribution in [-0.4, -0.2) is 23.8 Å². The third-order valence-electron chi connectivity index (χ3n) is 13.1. The number of carbonyl (C=O) groups excluding carboxylic acids is 1. The lowest BCUT2D eigenvalue weighted by Crippen LogP contribution is -2.64. The van der Waals surface area contributed by atoms with E-state index >= 15 is 0 Å². The summed E-state index contributed by atoms with van der Waals surface area (Å²) in [7, 11) is 0. The molecule has 0 aromatic carbocycles. The van der Waals surface area contributed by atoms with Crippen LogP contribution in [0.15, 0.2) is 11.6 Å². The highest BCUT2D eigenvalue weighted by molar-refractivity contribution is 5.78. The van der Waals surface area contributed by atoms with E-state index in [1.165, 1.54) is 12.8 Å². The molecule has 0 aromatic heterocycles. The molecule has 5 rings (SSSR count). The molecule has 0 saturated heterocycles. The van der Waals surface area contributed by atoms with Crippen LogP contribution >= 0.6 is 0 Å². The lowest BCUT2D eigenvalue weighted by Gasteiger charge is -2.71. The molecule has 5 aliphatic rings. The predicted octanol–water partition coefficient (Wildman–Crippen LogP) is 8.10. The standard InChI is InChI=1S/C33H54O3/c1-9-18-36-27(35)33-16-14-28(2,3)21-24(33)23-10-11-26-30(6)20-22(34)19-29(4,5)25(30)12-13-32(26,8)31(23,7)15-17-33/h10,22,24-26,34H,9,11-21H2,1-8H3/t22-,24+,25+,26-,30+,31-,32-,33+/m1/s1. The van der Waals surface area contributed by atoms with Gasteiger partial charge >= 0.3 is 5.97 Å². The highest BCUT2D eigenvalue weighted by Gasteiger charge is 2.69. The molecule has 0 bridgehead atoms. The van der Waals surface area contributed by atoms with Crippen LogP contribution < -0.4 is 0 Å². The lowest BCUT2D eigenvalue weighted by molar-refractivity contribution is -0.202. The first kappa shape index (κ1) is 26.8. The smallest absolute Gasteiger partial charge is 0.312 e. The van der Waals surface area contributed by atoms with Crippen molar-refractivity contribution in [3.63, 3.8) is 0 Å². The number of rotatable bonds is 3. The van der Waals surface area contributed by atoms with Crippen LogP contribution in [0.2, 0.25) is 0 Å². The number of ether oxygens (including phenoxy) is 1. The number of hydrogen-bond acceptors (Lipinski definition) is 3. The first-order valence-corrected chi connectivity index (χ1v) is 15.2. The van der Waals surface area contributed by atoms with Crippen LogP contribution in [0.5, 0.6) is 0 Å². The fourth-order valence-corrected chi connectivity index (χ4v) is 11.2. The quantitative estimate of drug-likeness (QED) is 0.316. The monoisotopic (exact) mass is 498 g/mol. The van der Waals surface area contributed by atoms with Crippen LogP contribution in [0.3, 0.4) is 0 Å². The molecule has 3 nitrogen and oxygen atoms in total. The molecule has 0 amide bonds. The third-order valence-corrected chi connectivity index (χ3v) is 13.1. The summed E-state index contributed by atoms with van der Waals surface area (Å²) >= 11 is 0. The Morgan fingerprint density at radius 3 is 2.33 bits per heavy atom. The Hall–Kier alpha value is -0.830. The highest BCUT2D eigenvalue weighted by Crippen LogP contribution is 2.75. The van der Waals surface area contributed by atoms with Crippen LogP contribution in [0.4, 0.5) is 0 Å². The number of aliphatic hydroxyl groups is 1. The molecule has 5 aliphatic carbocycles. The maximum absolute atomic E-state index is 13.7. The number of aliphatic hydroxyl groups excluding tert-OH is 1. The van der Waals surface area contributed by atoms with Crippen molar-refractivity contribution in [3.05, 3.63) is 11.6 Å². The van der Waals surface area contributed by atoms with E-state index in [-0.39, 0.29) is 44.6 Å². The van der Waals surface area contributed by atoms with Crippen molar-refractivity contribution in [2.24, 2.45) is 50.2 Å². The molecule has 0 radical (unpaired) electrons. The van der Waals surface area contributed by atoms with E-state index in [1.807, 2.05) is 0 Å². The summed E-state index contributed by atoms with van der Waals surface area (Å²) in [4.78, 5) is 13.7. The summed E-state index contributed by atoms with van der Waals surface area (Å²) in [6.45, 7) is 20.0. The van der Waals surface area contributed by atoms with Crippen LogP contribution in [-0.2, 0) is 9.53 Å². The molecule has 4 fully saturated rings. The molecule has 4 saturated carbocycles. The van der Waals surface area contributed by atoms with Crippen molar-refractivity contribution in [2.45, 2.75) is 132 Å². The Morgan fingerprint density at radius 1 is 0.944 bits per heavy atom. The van der Waals surface area contributed by atoms with Crippen molar-refractivity contribution < 1.29 is 14.6 Å². The van der Waals surface area contributed by atoms with Crippen LogP contribution in [0.25, 0.3) is 0 Å². The van der Waals surface area contributed by atoms with Crippen molar-refractivity contribution in [3.8, 4) is 0 Å². The van der Waals surface area contributed by atoms with Gasteiger partial charge in [0.25, 0.3) is 0 Å². The molecule has 204 valence electrons.